The number of aliphatic imine (C=N–C) groups is 1. The third-order valence-electron chi connectivity index (χ3n) is 4.50. The first kappa shape index (κ1) is 19.2. The Bertz CT molecular complexity index is 1240. The molecule has 2 N–H and O–H groups in total. The Morgan fingerprint density at radius 1 is 1.31 bits per heavy atom. The van der Waals surface area contributed by atoms with Crippen LogP contribution in [0.3, 0.4) is 0 Å². The summed E-state index contributed by atoms with van der Waals surface area (Å²) in [4.78, 5) is 28.9. The number of hydrogen-bond acceptors (Lipinski definition) is 5. The van der Waals surface area contributed by atoms with Crippen molar-refractivity contribution in [1.29, 1.82) is 0 Å². The molecule has 0 fully saturated rings. The fraction of sp³-hybridized carbons (Fsp3) is 0.0952. The van der Waals surface area contributed by atoms with Gasteiger partial charge in [0.2, 0.25) is 11.8 Å². The molecule has 2 aromatic carbocycles. The van der Waals surface area contributed by atoms with Gasteiger partial charge in [-0.1, -0.05) is 47.2 Å². The Morgan fingerprint density at radius 3 is 2.90 bits per heavy atom. The summed E-state index contributed by atoms with van der Waals surface area (Å²) in [7, 11) is 0. The molecule has 1 aliphatic heterocycles. The quantitative estimate of drug-likeness (QED) is 0.646. The molecule has 6 nitrogen and oxygen atoms in total. The molecule has 0 aliphatic carbocycles. The maximum Gasteiger partial charge on any atom is 0.311 e. The lowest BCUT2D eigenvalue weighted by molar-refractivity contribution is -0.116. The van der Waals surface area contributed by atoms with Gasteiger partial charge in [-0.05, 0) is 36.8 Å². The first-order valence-corrected chi connectivity index (χ1v) is 9.95. The van der Waals surface area contributed by atoms with Crippen LogP contribution in [0.5, 0.6) is 5.88 Å². The number of aromatic hydroxyl groups is 1. The van der Waals surface area contributed by atoms with E-state index in [0.717, 1.165) is 38.3 Å². The summed E-state index contributed by atoms with van der Waals surface area (Å²) in [6.45, 7) is 1.56. The molecule has 1 amide bonds. The molecule has 146 valence electrons. The molecule has 0 saturated carbocycles. The number of carbonyl (C=O) groups excluding carboxylic acids is 1. The van der Waals surface area contributed by atoms with Gasteiger partial charge in [-0.25, -0.2) is 0 Å². The Labute approximate surface area is 175 Å². The molecule has 1 aliphatic rings. The van der Waals surface area contributed by atoms with Crippen LogP contribution in [0.2, 0.25) is 5.02 Å². The van der Waals surface area contributed by atoms with Crippen LogP contribution in [-0.4, -0.2) is 21.8 Å². The average molecular weight is 426 g/mol. The summed E-state index contributed by atoms with van der Waals surface area (Å²) in [6, 6.07) is 12.8. The number of nitrogens with one attached hydrogen (secondary N) is 1. The standard InChI is InChI=1S/C21H16ClN3O3S/c1-12-6-7-14(9-16(12)22)24-19(26)11-25-20(27)18(29-21(25)28)8-13-10-23-17-5-3-2-4-15(13)17/h2-10,27H,11H2,1H3,(H,24,26)/b13-8-. The van der Waals surface area contributed by atoms with Gasteiger partial charge in [0, 0.05) is 28.1 Å². The number of amides is 1. The topological polar surface area (TPSA) is 83.7 Å². The monoisotopic (exact) mass is 425 g/mol. The van der Waals surface area contributed by atoms with E-state index in [1.807, 2.05) is 31.2 Å². The van der Waals surface area contributed by atoms with Crippen LogP contribution in [0.4, 0.5) is 11.4 Å². The number of thiazole rings is 1. The highest BCUT2D eigenvalue weighted by Gasteiger charge is 2.18. The molecule has 8 heteroatoms. The molecule has 1 aromatic heterocycles. The van der Waals surface area contributed by atoms with E-state index in [-0.39, 0.29) is 12.4 Å². The van der Waals surface area contributed by atoms with Crippen molar-refractivity contribution in [2.45, 2.75) is 13.5 Å². The summed E-state index contributed by atoms with van der Waals surface area (Å²) in [5, 5.41) is 13.7. The maximum absolute atomic E-state index is 12.3. The van der Waals surface area contributed by atoms with Crippen molar-refractivity contribution in [3.8, 4) is 5.88 Å². The van der Waals surface area contributed by atoms with Crippen molar-refractivity contribution in [3.63, 3.8) is 0 Å². The van der Waals surface area contributed by atoms with Crippen LogP contribution in [-0.2, 0) is 11.3 Å². The van der Waals surface area contributed by atoms with Crippen molar-refractivity contribution in [2.24, 2.45) is 4.99 Å². The van der Waals surface area contributed by atoms with Gasteiger partial charge in [0.05, 0.1) is 10.6 Å². The highest BCUT2D eigenvalue weighted by molar-refractivity contribution is 7.10. The third-order valence-corrected chi connectivity index (χ3v) is 5.82. The molecule has 4 rings (SSSR count). The molecule has 3 aromatic rings. The summed E-state index contributed by atoms with van der Waals surface area (Å²) >= 11 is 6.94. The minimum absolute atomic E-state index is 0.248. The number of aromatic nitrogens is 1. The fourth-order valence-electron chi connectivity index (χ4n) is 2.96. The van der Waals surface area contributed by atoms with Gasteiger partial charge in [0.25, 0.3) is 0 Å². The molecule has 0 spiro atoms. The van der Waals surface area contributed by atoms with Crippen LogP contribution in [0.15, 0.2) is 52.3 Å². The van der Waals surface area contributed by atoms with Crippen LogP contribution in [0.1, 0.15) is 16.0 Å². The lowest BCUT2D eigenvalue weighted by atomic mass is 10.1. The number of benzene rings is 2. The minimum Gasteiger partial charge on any atom is -0.493 e. The number of carbonyl (C=O) groups is 1. The van der Waals surface area contributed by atoms with Crippen molar-refractivity contribution in [2.75, 3.05) is 5.32 Å². The lowest BCUT2D eigenvalue weighted by Crippen LogP contribution is -2.24. The normalized spacial score (nSPS) is 13.7. The van der Waals surface area contributed by atoms with Crippen molar-refractivity contribution in [3.05, 3.63) is 73.2 Å². The molecule has 0 radical (unpaired) electrons. The highest BCUT2D eigenvalue weighted by atomic mass is 35.5. The number of halogens is 1. The molecule has 0 unspecified atom stereocenters. The van der Waals surface area contributed by atoms with Crippen molar-refractivity contribution >= 4 is 58.1 Å². The SMILES string of the molecule is Cc1ccc(NC(=O)Cn2c(O)c(/C=C3/C=Nc4ccccc43)sc2=O)cc1Cl. The number of rotatable bonds is 4. The summed E-state index contributed by atoms with van der Waals surface area (Å²) < 4.78 is 1.04. The Morgan fingerprint density at radius 2 is 2.10 bits per heavy atom. The zero-order valence-corrected chi connectivity index (χ0v) is 16.9. The number of para-hydroxylation sites is 1. The van der Waals surface area contributed by atoms with E-state index in [0.29, 0.717) is 15.6 Å². The minimum atomic E-state index is -0.438. The predicted molar refractivity (Wildman–Crippen MR) is 118 cm³/mol. The number of nitrogens with zero attached hydrogens (tertiary/aromatic N) is 2. The molecule has 2 heterocycles. The molecule has 29 heavy (non-hydrogen) atoms. The summed E-state index contributed by atoms with van der Waals surface area (Å²) in [6.07, 6.45) is 3.39. The van der Waals surface area contributed by atoms with Gasteiger partial charge in [-0.3, -0.25) is 19.1 Å². The van der Waals surface area contributed by atoms with E-state index in [1.165, 1.54) is 0 Å². The number of anilines is 1. The third kappa shape index (κ3) is 3.87. The maximum atomic E-state index is 12.3. The number of fused-ring (bicyclic) bond motifs is 1. The van der Waals surface area contributed by atoms with Crippen molar-refractivity contribution in [1.82, 2.24) is 4.57 Å². The second-order valence-corrected chi connectivity index (χ2v) is 7.93. The van der Waals surface area contributed by atoms with E-state index in [9.17, 15) is 14.7 Å². The van der Waals surface area contributed by atoms with Gasteiger partial charge < -0.3 is 10.4 Å². The first-order valence-electron chi connectivity index (χ1n) is 8.76. The fourth-order valence-corrected chi connectivity index (χ4v) is 3.97. The molecular formula is C21H16ClN3O3S. The zero-order valence-electron chi connectivity index (χ0n) is 15.3. The van der Waals surface area contributed by atoms with Crippen molar-refractivity contribution < 1.29 is 9.90 Å². The number of allylic oxidation sites excluding steroid dienone is 1. The Balaban J connectivity index is 1.56. The van der Waals surface area contributed by atoms with Gasteiger partial charge in [-0.2, -0.15) is 0 Å². The lowest BCUT2D eigenvalue weighted by Gasteiger charge is -2.08. The number of hydrogen-bond donors (Lipinski definition) is 2. The molecule has 0 bridgehead atoms. The van der Waals surface area contributed by atoms with E-state index in [2.05, 4.69) is 10.3 Å². The molecule has 0 atom stereocenters. The second kappa shape index (κ2) is 7.69. The number of aryl methyl sites for hydroxylation is 1. The van der Waals surface area contributed by atoms with Crippen LogP contribution in [0, 0.1) is 6.92 Å². The van der Waals surface area contributed by atoms with Gasteiger partial charge >= 0.3 is 4.87 Å². The Hall–Kier alpha value is -3.16. The van der Waals surface area contributed by atoms with Gasteiger partial charge in [0.15, 0.2) is 0 Å². The Kier molecular flexibility index (Phi) is 5.08. The molecular weight excluding hydrogens is 410 g/mol. The predicted octanol–water partition coefficient (Wildman–Crippen LogP) is 4.47. The van der Waals surface area contributed by atoms with Gasteiger partial charge in [0.1, 0.15) is 6.54 Å². The smallest absolute Gasteiger partial charge is 0.311 e. The van der Waals surface area contributed by atoms with E-state index in [1.54, 1.807) is 30.5 Å². The molecule has 0 saturated heterocycles. The average Bonchev–Trinajstić information content (AvgIpc) is 3.21. The largest absolute Gasteiger partial charge is 0.493 e. The van der Waals surface area contributed by atoms with E-state index >= 15 is 0 Å². The first-order chi connectivity index (χ1) is 13.9. The van der Waals surface area contributed by atoms with Crippen LogP contribution in [0.25, 0.3) is 11.6 Å². The van der Waals surface area contributed by atoms with E-state index < -0.39 is 10.8 Å². The summed E-state index contributed by atoms with van der Waals surface area (Å²) in [5.74, 6) is -0.686. The zero-order chi connectivity index (χ0) is 20.5. The van der Waals surface area contributed by atoms with E-state index in [4.69, 9.17) is 11.6 Å². The highest BCUT2D eigenvalue weighted by Crippen LogP contribution is 2.34. The van der Waals surface area contributed by atoms with Crippen LogP contribution < -0.4 is 10.2 Å². The summed E-state index contributed by atoms with van der Waals surface area (Å²) in [5.41, 5.74) is 3.97. The van der Waals surface area contributed by atoms with Gasteiger partial charge in [-0.15, -0.1) is 0 Å². The van der Waals surface area contributed by atoms with Crippen LogP contribution >= 0.6 is 22.9 Å². The second-order valence-electron chi connectivity index (χ2n) is 6.53.